The number of hydrogen-bond donors (Lipinski definition) is 0. The van der Waals surface area contributed by atoms with Gasteiger partial charge in [0.25, 0.3) is 0 Å². The van der Waals surface area contributed by atoms with E-state index >= 15 is 0 Å². The van der Waals surface area contributed by atoms with E-state index in [0.717, 1.165) is 48.0 Å². The van der Waals surface area contributed by atoms with Crippen LogP contribution in [-0.2, 0) is 13.0 Å². The minimum atomic E-state index is -0.467. The molecule has 0 spiro atoms. The molecule has 0 saturated carbocycles. The molecule has 102 valence electrons. The third-order valence-corrected chi connectivity index (χ3v) is 4.28. The minimum absolute atomic E-state index is 0.117. The van der Waals surface area contributed by atoms with Crippen molar-refractivity contribution < 1.29 is 4.39 Å². The van der Waals surface area contributed by atoms with Crippen molar-refractivity contribution >= 4 is 15.9 Å². The molecule has 2 aromatic rings. The molecule has 5 heteroatoms. The van der Waals surface area contributed by atoms with Crippen LogP contribution >= 0.6 is 15.9 Å². The molecule has 1 aliphatic rings. The average molecular weight is 334 g/mol. The third kappa shape index (κ3) is 2.14. The zero-order valence-electron chi connectivity index (χ0n) is 10.9. The first kappa shape index (κ1) is 13.3. The van der Waals surface area contributed by atoms with Gasteiger partial charge in [0.1, 0.15) is 11.9 Å². The number of nitriles is 1. The summed E-state index contributed by atoms with van der Waals surface area (Å²) in [6.07, 6.45) is 5.77. The summed E-state index contributed by atoms with van der Waals surface area (Å²) in [5.74, 6) is -0.467. The normalized spacial score (nSPS) is 14.4. The van der Waals surface area contributed by atoms with Crippen molar-refractivity contribution in [1.82, 2.24) is 9.78 Å². The molecule has 1 aromatic carbocycles. The first-order chi connectivity index (χ1) is 9.72. The van der Waals surface area contributed by atoms with Crippen molar-refractivity contribution in [3.63, 3.8) is 0 Å². The topological polar surface area (TPSA) is 41.6 Å². The number of aryl methyl sites for hydroxylation is 2. The Morgan fingerprint density at radius 1 is 1.30 bits per heavy atom. The second kappa shape index (κ2) is 5.37. The molecule has 0 atom stereocenters. The molecule has 3 nitrogen and oxygen atoms in total. The Hall–Kier alpha value is -1.67. The highest BCUT2D eigenvalue weighted by atomic mass is 79.9. The van der Waals surface area contributed by atoms with Crippen LogP contribution in [0.2, 0.25) is 0 Å². The molecule has 0 unspecified atom stereocenters. The zero-order valence-corrected chi connectivity index (χ0v) is 12.5. The van der Waals surface area contributed by atoms with Gasteiger partial charge in [-0.25, -0.2) is 4.39 Å². The first-order valence-corrected chi connectivity index (χ1v) is 7.45. The Bertz CT molecular complexity index is 700. The molecular weight excluding hydrogens is 321 g/mol. The molecule has 0 saturated heterocycles. The van der Waals surface area contributed by atoms with E-state index < -0.39 is 5.82 Å². The van der Waals surface area contributed by atoms with Crippen LogP contribution in [-0.4, -0.2) is 9.78 Å². The average Bonchev–Trinajstić information content (AvgIpc) is 2.83. The van der Waals surface area contributed by atoms with Crippen LogP contribution in [0.4, 0.5) is 4.39 Å². The van der Waals surface area contributed by atoms with Crippen molar-refractivity contribution in [2.24, 2.45) is 0 Å². The van der Waals surface area contributed by atoms with Gasteiger partial charge in [0, 0.05) is 12.1 Å². The highest BCUT2D eigenvalue weighted by Gasteiger charge is 2.22. The maximum atomic E-state index is 14.0. The van der Waals surface area contributed by atoms with Gasteiger partial charge in [0.15, 0.2) is 0 Å². The fraction of sp³-hybridized carbons (Fsp3) is 0.333. The van der Waals surface area contributed by atoms with Crippen LogP contribution in [0.3, 0.4) is 0 Å². The Morgan fingerprint density at radius 3 is 2.95 bits per heavy atom. The summed E-state index contributed by atoms with van der Waals surface area (Å²) in [4.78, 5) is 0. The second-order valence-corrected chi connectivity index (χ2v) is 5.80. The molecule has 0 N–H and O–H groups in total. The third-order valence-electron chi connectivity index (χ3n) is 3.70. The van der Waals surface area contributed by atoms with Crippen LogP contribution in [0.5, 0.6) is 0 Å². The lowest BCUT2D eigenvalue weighted by Crippen LogP contribution is -2.04. The molecule has 3 rings (SSSR count). The van der Waals surface area contributed by atoms with Crippen molar-refractivity contribution in [3.8, 4) is 17.3 Å². The summed E-state index contributed by atoms with van der Waals surface area (Å²) in [7, 11) is 0. The number of fused-ring (bicyclic) bond motifs is 3. The number of hydrogen-bond acceptors (Lipinski definition) is 2. The fourth-order valence-corrected chi connectivity index (χ4v) is 3.24. The summed E-state index contributed by atoms with van der Waals surface area (Å²) in [6.45, 7) is 0.793. The molecule has 2 heterocycles. The number of rotatable bonds is 0. The van der Waals surface area contributed by atoms with Crippen molar-refractivity contribution in [2.75, 3.05) is 0 Å². The number of benzene rings is 1. The molecule has 0 amide bonds. The van der Waals surface area contributed by atoms with E-state index in [1.165, 1.54) is 6.07 Å². The van der Waals surface area contributed by atoms with Gasteiger partial charge in [-0.3, -0.25) is 4.68 Å². The predicted octanol–water partition coefficient (Wildman–Crippen LogP) is 4.05. The van der Waals surface area contributed by atoms with Gasteiger partial charge in [0.05, 0.1) is 21.9 Å². The number of halogens is 2. The molecule has 20 heavy (non-hydrogen) atoms. The van der Waals surface area contributed by atoms with Crippen molar-refractivity contribution in [1.29, 1.82) is 5.26 Å². The SMILES string of the molecule is N#Cc1c(F)ccc2c1-c1c(Br)cnn1CCCCC2. The Kier molecular flexibility index (Phi) is 3.58. The lowest BCUT2D eigenvalue weighted by atomic mass is 9.95. The monoisotopic (exact) mass is 333 g/mol. The van der Waals surface area contributed by atoms with Crippen LogP contribution in [0.15, 0.2) is 22.8 Å². The van der Waals surface area contributed by atoms with E-state index in [2.05, 4.69) is 21.0 Å². The van der Waals surface area contributed by atoms with E-state index in [1.54, 1.807) is 12.3 Å². The molecule has 0 fully saturated rings. The minimum Gasteiger partial charge on any atom is -0.264 e. The highest BCUT2D eigenvalue weighted by Crippen LogP contribution is 2.36. The molecule has 0 radical (unpaired) electrons. The standard InChI is InChI=1S/C15H13BrFN3/c16-12-9-19-20-7-3-1-2-4-10-5-6-13(17)11(8-18)14(10)15(12)20/h5-6,9H,1-4,7H2. The first-order valence-electron chi connectivity index (χ1n) is 6.65. The van der Waals surface area contributed by atoms with Gasteiger partial charge in [-0.1, -0.05) is 12.5 Å². The molecule has 0 aliphatic carbocycles. The quantitative estimate of drug-likeness (QED) is 0.729. The van der Waals surface area contributed by atoms with Gasteiger partial charge in [-0.05, 0) is 46.8 Å². The molecule has 1 aromatic heterocycles. The van der Waals surface area contributed by atoms with Gasteiger partial charge >= 0.3 is 0 Å². The van der Waals surface area contributed by atoms with Gasteiger partial charge in [-0.2, -0.15) is 10.4 Å². The second-order valence-electron chi connectivity index (χ2n) is 4.94. The van der Waals surface area contributed by atoms with Crippen LogP contribution in [0.1, 0.15) is 30.4 Å². The maximum Gasteiger partial charge on any atom is 0.141 e. The Balaban J connectivity index is 2.34. The summed E-state index contributed by atoms with van der Waals surface area (Å²) < 4.78 is 16.7. The Morgan fingerprint density at radius 2 is 2.15 bits per heavy atom. The van der Waals surface area contributed by atoms with Gasteiger partial charge in [0.2, 0.25) is 0 Å². The van der Waals surface area contributed by atoms with Crippen LogP contribution in [0.25, 0.3) is 11.3 Å². The molecular formula is C15H13BrFN3. The maximum absolute atomic E-state index is 14.0. The summed E-state index contributed by atoms with van der Waals surface area (Å²) in [5.41, 5.74) is 2.65. The molecule has 1 aliphatic heterocycles. The molecule has 0 bridgehead atoms. The van der Waals surface area contributed by atoms with Gasteiger partial charge in [-0.15, -0.1) is 0 Å². The number of nitrogens with zero attached hydrogens (tertiary/aromatic N) is 3. The summed E-state index contributed by atoms with van der Waals surface area (Å²) in [6, 6.07) is 5.20. The van der Waals surface area contributed by atoms with E-state index in [9.17, 15) is 9.65 Å². The summed E-state index contributed by atoms with van der Waals surface area (Å²) in [5, 5.41) is 13.7. The van der Waals surface area contributed by atoms with E-state index in [-0.39, 0.29) is 5.56 Å². The van der Waals surface area contributed by atoms with Gasteiger partial charge < -0.3 is 0 Å². The van der Waals surface area contributed by atoms with Crippen LogP contribution < -0.4 is 0 Å². The summed E-state index contributed by atoms with van der Waals surface area (Å²) >= 11 is 3.48. The predicted molar refractivity (Wildman–Crippen MR) is 77.6 cm³/mol. The number of aromatic nitrogens is 2. The van der Waals surface area contributed by atoms with E-state index in [0.29, 0.717) is 5.56 Å². The van der Waals surface area contributed by atoms with E-state index in [1.807, 2.05) is 10.8 Å². The lowest BCUT2D eigenvalue weighted by molar-refractivity contribution is 0.554. The van der Waals surface area contributed by atoms with Crippen molar-refractivity contribution in [3.05, 3.63) is 39.7 Å². The Labute approximate surface area is 125 Å². The largest absolute Gasteiger partial charge is 0.264 e. The smallest absolute Gasteiger partial charge is 0.141 e. The lowest BCUT2D eigenvalue weighted by Gasteiger charge is -2.13. The van der Waals surface area contributed by atoms with Crippen LogP contribution in [0, 0.1) is 17.1 Å². The fourth-order valence-electron chi connectivity index (χ4n) is 2.74. The van der Waals surface area contributed by atoms with Crippen molar-refractivity contribution in [2.45, 2.75) is 32.2 Å². The van der Waals surface area contributed by atoms with E-state index in [4.69, 9.17) is 0 Å². The highest BCUT2D eigenvalue weighted by molar-refractivity contribution is 9.10. The zero-order chi connectivity index (χ0) is 14.1.